The minimum absolute atomic E-state index is 0.148. The zero-order valence-corrected chi connectivity index (χ0v) is 8.07. The lowest BCUT2D eigenvalue weighted by Gasteiger charge is -2.14. The minimum atomic E-state index is -0.251. The average molecular weight is 209 g/mol. The molecule has 0 N–H and O–H groups in total. The largest absolute Gasteiger partial charge is 0.372 e. The first-order valence-electron chi connectivity index (χ1n) is 4.69. The van der Waals surface area contributed by atoms with Crippen LogP contribution in [0.15, 0.2) is 5.11 Å². The van der Waals surface area contributed by atoms with E-state index >= 15 is 0 Å². The molecule has 2 aliphatic heterocycles. The first-order chi connectivity index (χ1) is 7.36. The lowest BCUT2D eigenvalue weighted by molar-refractivity contribution is -0.0192. The van der Waals surface area contributed by atoms with Crippen molar-refractivity contribution in [3.8, 4) is 12.3 Å². The van der Waals surface area contributed by atoms with Crippen molar-refractivity contribution in [1.82, 2.24) is 0 Å². The van der Waals surface area contributed by atoms with E-state index in [9.17, 15) is 0 Å². The van der Waals surface area contributed by atoms with Crippen LogP contribution in [0.25, 0.3) is 10.4 Å². The maximum absolute atomic E-state index is 8.34. The van der Waals surface area contributed by atoms with Crippen LogP contribution in [0.1, 0.15) is 0 Å². The maximum Gasteiger partial charge on any atom is 0.113 e. The fourth-order valence-electron chi connectivity index (χ4n) is 1.91. The minimum Gasteiger partial charge on any atom is -0.372 e. The van der Waals surface area contributed by atoms with Gasteiger partial charge in [-0.1, -0.05) is 11.0 Å². The Bertz CT molecular complexity index is 321. The van der Waals surface area contributed by atoms with E-state index in [4.69, 9.17) is 26.2 Å². The SMILES string of the molecule is C#CCO[C@H]1CO[C@H]2[C@@H]1OC[C@H]2N=[N+]=[N-]. The van der Waals surface area contributed by atoms with Gasteiger partial charge in [-0.15, -0.1) is 6.42 Å². The molecule has 2 rings (SSSR count). The number of nitrogens with zero attached hydrogens (tertiary/aromatic N) is 3. The van der Waals surface area contributed by atoms with E-state index < -0.39 is 0 Å². The number of terminal acetylenes is 1. The van der Waals surface area contributed by atoms with Gasteiger partial charge in [0.15, 0.2) is 0 Å². The Labute approximate surface area is 87.1 Å². The Morgan fingerprint density at radius 2 is 2.27 bits per heavy atom. The molecule has 0 spiro atoms. The molecule has 6 nitrogen and oxygen atoms in total. The van der Waals surface area contributed by atoms with Crippen molar-refractivity contribution < 1.29 is 14.2 Å². The zero-order valence-electron chi connectivity index (χ0n) is 8.07. The number of azide groups is 1. The molecule has 0 bridgehead atoms. The third kappa shape index (κ3) is 1.91. The molecule has 0 unspecified atom stereocenters. The van der Waals surface area contributed by atoms with E-state index in [1.54, 1.807) is 0 Å². The molecule has 0 aromatic carbocycles. The van der Waals surface area contributed by atoms with Gasteiger partial charge >= 0.3 is 0 Å². The molecular weight excluding hydrogens is 198 g/mol. The summed E-state index contributed by atoms with van der Waals surface area (Å²) in [6.07, 6.45) is 4.60. The quantitative estimate of drug-likeness (QED) is 0.293. The highest BCUT2D eigenvalue weighted by Gasteiger charge is 2.47. The van der Waals surface area contributed by atoms with Crippen molar-refractivity contribution in [2.75, 3.05) is 19.8 Å². The normalized spacial score (nSPS) is 38.1. The van der Waals surface area contributed by atoms with Crippen LogP contribution in [0.3, 0.4) is 0 Å². The number of hydrogen-bond donors (Lipinski definition) is 0. The van der Waals surface area contributed by atoms with Crippen molar-refractivity contribution in [2.45, 2.75) is 24.4 Å². The summed E-state index contributed by atoms with van der Waals surface area (Å²) in [6, 6.07) is -0.251. The van der Waals surface area contributed by atoms with Crippen molar-refractivity contribution >= 4 is 0 Å². The predicted octanol–water partition coefficient (Wildman–Crippen LogP) is 0.481. The van der Waals surface area contributed by atoms with Crippen LogP contribution in [0, 0.1) is 12.3 Å². The monoisotopic (exact) mass is 209 g/mol. The second kappa shape index (κ2) is 4.51. The van der Waals surface area contributed by atoms with Gasteiger partial charge in [0, 0.05) is 4.91 Å². The topological polar surface area (TPSA) is 76.5 Å². The lowest BCUT2D eigenvalue weighted by Crippen LogP contribution is -2.32. The molecule has 2 saturated heterocycles. The van der Waals surface area contributed by atoms with Crippen LogP contribution in [-0.2, 0) is 14.2 Å². The third-order valence-electron chi connectivity index (χ3n) is 2.56. The number of ether oxygens (including phenoxy) is 3. The summed E-state index contributed by atoms with van der Waals surface area (Å²) in [4.78, 5) is 2.76. The number of hydrogen-bond acceptors (Lipinski definition) is 4. The highest BCUT2D eigenvalue weighted by molar-refractivity contribution is 4.99. The fourth-order valence-corrected chi connectivity index (χ4v) is 1.91. The summed E-state index contributed by atoms with van der Waals surface area (Å²) in [7, 11) is 0. The first-order valence-corrected chi connectivity index (χ1v) is 4.69. The van der Waals surface area contributed by atoms with Crippen LogP contribution in [0.2, 0.25) is 0 Å². The second-order valence-corrected chi connectivity index (χ2v) is 3.42. The van der Waals surface area contributed by atoms with Gasteiger partial charge in [-0.05, 0) is 5.53 Å². The number of fused-ring (bicyclic) bond motifs is 1. The molecule has 2 fully saturated rings. The molecule has 2 heterocycles. The van der Waals surface area contributed by atoms with Crippen LogP contribution < -0.4 is 0 Å². The molecule has 0 radical (unpaired) electrons. The molecule has 2 aliphatic rings. The van der Waals surface area contributed by atoms with E-state index in [2.05, 4.69) is 15.9 Å². The molecule has 0 aromatic heterocycles. The Hall–Kier alpha value is -1.25. The van der Waals surface area contributed by atoms with E-state index in [1.165, 1.54) is 0 Å². The molecule has 6 heteroatoms. The van der Waals surface area contributed by atoms with Crippen molar-refractivity contribution in [2.24, 2.45) is 5.11 Å². The molecule has 15 heavy (non-hydrogen) atoms. The standard InChI is InChI=1S/C9H11N3O3/c1-2-3-13-7-5-15-8-6(11-12-10)4-14-9(7)8/h1,6-9H,3-5H2/t6-,7+,8-,9-/m1/s1. The van der Waals surface area contributed by atoms with Crippen LogP contribution in [0.4, 0.5) is 0 Å². The van der Waals surface area contributed by atoms with Gasteiger partial charge in [0.1, 0.15) is 18.8 Å². The fraction of sp³-hybridized carbons (Fsp3) is 0.778. The summed E-state index contributed by atoms with van der Waals surface area (Å²) in [6.45, 7) is 1.07. The van der Waals surface area contributed by atoms with Gasteiger partial charge in [-0.2, -0.15) is 0 Å². The predicted molar refractivity (Wildman–Crippen MR) is 51.0 cm³/mol. The summed E-state index contributed by atoms with van der Waals surface area (Å²) in [5.41, 5.74) is 8.34. The molecule has 0 amide bonds. The van der Waals surface area contributed by atoms with Gasteiger partial charge in [0.25, 0.3) is 0 Å². The third-order valence-corrected chi connectivity index (χ3v) is 2.56. The van der Waals surface area contributed by atoms with Crippen molar-refractivity contribution in [1.29, 1.82) is 0 Å². The highest BCUT2D eigenvalue weighted by atomic mass is 16.6. The Kier molecular flexibility index (Phi) is 3.09. The molecule has 0 aliphatic carbocycles. The lowest BCUT2D eigenvalue weighted by atomic mass is 10.1. The van der Waals surface area contributed by atoms with Gasteiger partial charge in [0.2, 0.25) is 0 Å². The Balaban J connectivity index is 1.96. The Morgan fingerprint density at radius 3 is 3.00 bits per heavy atom. The highest BCUT2D eigenvalue weighted by Crippen LogP contribution is 2.30. The number of rotatable bonds is 3. The van der Waals surface area contributed by atoms with E-state index in [0.717, 1.165) is 0 Å². The van der Waals surface area contributed by atoms with Crippen molar-refractivity contribution in [3.63, 3.8) is 0 Å². The molecule has 4 atom stereocenters. The summed E-state index contributed by atoms with van der Waals surface area (Å²) in [5.74, 6) is 2.40. The smallest absolute Gasteiger partial charge is 0.113 e. The van der Waals surface area contributed by atoms with Gasteiger partial charge in [-0.25, -0.2) is 0 Å². The van der Waals surface area contributed by atoms with Crippen LogP contribution in [-0.4, -0.2) is 44.2 Å². The zero-order chi connectivity index (χ0) is 10.7. The Morgan fingerprint density at radius 1 is 1.47 bits per heavy atom. The van der Waals surface area contributed by atoms with E-state index in [1.807, 2.05) is 0 Å². The van der Waals surface area contributed by atoms with Gasteiger partial charge < -0.3 is 14.2 Å². The molecule has 0 aromatic rings. The first kappa shape index (κ1) is 10.3. The van der Waals surface area contributed by atoms with Crippen LogP contribution >= 0.6 is 0 Å². The average Bonchev–Trinajstić information content (AvgIpc) is 2.79. The molecule has 80 valence electrons. The summed E-state index contributed by atoms with van der Waals surface area (Å²) < 4.78 is 16.3. The maximum atomic E-state index is 8.34. The van der Waals surface area contributed by atoms with E-state index in [-0.39, 0.29) is 31.0 Å². The molecular formula is C9H11N3O3. The second-order valence-electron chi connectivity index (χ2n) is 3.42. The summed E-state index contributed by atoms with van der Waals surface area (Å²) >= 11 is 0. The molecule has 0 saturated carbocycles. The van der Waals surface area contributed by atoms with Crippen LogP contribution in [0.5, 0.6) is 0 Å². The summed E-state index contributed by atoms with van der Waals surface area (Å²) in [5, 5.41) is 3.62. The van der Waals surface area contributed by atoms with Crippen molar-refractivity contribution in [3.05, 3.63) is 10.4 Å². The van der Waals surface area contributed by atoms with E-state index in [0.29, 0.717) is 13.2 Å². The van der Waals surface area contributed by atoms with Gasteiger partial charge in [-0.3, -0.25) is 0 Å². The van der Waals surface area contributed by atoms with Gasteiger partial charge in [0.05, 0.1) is 25.4 Å².